The zero-order valence-electron chi connectivity index (χ0n) is 17.4. The van der Waals surface area contributed by atoms with Crippen LogP contribution in [0.2, 0.25) is 0 Å². The molecule has 0 aliphatic heterocycles. The van der Waals surface area contributed by atoms with Gasteiger partial charge in [-0.2, -0.15) is 5.10 Å². The third-order valence-corrected chi connectivity index (χ3v) is 4.27. The number of hydrogen-bond acceptors (Lipinski definition) is 6. The Morgan fingerprint density at radius 2 is 1.58 bits per heavy atom. The van der Waals surface area contributed by atoms with E-state index in [-0.39, 0.29) is 12.5 Å². The molecule has 0 unspecified atom stereocenters. The lowest BCUT2D eigenvalue weighted by molar-refractivity contribution is -0.123. The van der Waals surface area contributed by atoms with Crippen LogP contribution in [0.1, 0.15) is 11.1 Å². The van der Waals surface area contributed by atoms with E-state index >= 15 is 0 Å². The number of para-hydroxylation sites is 1. The number of benzene rings is 3. The molecule has 0 fully saturated rings. The Balaban J connectivity index is 1.45. The molecular weight excluding hydrogens is 396 g/mol. The van der Waals surface area contributed by atoms with Gasteiger partial charge in [0.15, 0.2) is 18.1 Å². The highest BCUT2D eigenvalue weighted by Crippen LogP contribution is 2.29. The predicted molar refractivity (Wildman–Crippen MR) is 118 cm³/mol. The van der Waals surface area contributed by atoms with E-state index in [1.165, 1.54) is 6.21 Å². The summed E-state index contributed by atoms with van der Waals surface area (Å²) in [5.74, 6) is 2.01. The summed E-state index contributed by atoms with van der Waals surface area (Å²) in [6.07, 6.45) is 1.48. The van der Waals surface area contributed by atoms with E-state index in [0.717, 1.165) is 11.3 Å². The summed E-state index contributed by atoms with van der Waals surface area (Å²) in [5.41, 5.74) is 4.19. The van der Waals surface area contributed by atoms with Crippen LogP contribution in [-0.4, -0.2) is 32.9 Å². The summed E-state index contributed by atoms with van der Waals surface area (Å²) >= 11 is 0. The highest BCUT2D eigenvalue weighted by atomic mass is 16.5. The van der Waals surface area contributed by atoms with Gasteiger partial charge in [0.2, 0.25) is 0 Å². The van der Waals surface area contributed by atoms with Crippen molar-refractivity contribution in [3.05, 3.63) is 83.9 Å². The number of rotatable bonds is 10. The molecule has 1 amide bonds. The Kier molecular flexibility index (Phi) is 7.88. The number of hydrogen-bond donors (Lipinski definition) is 1. The van der Waals surface area contributed by atoms with Crippen LogP contribution in [0.3, 0.4) is 0 Å². The largest absolute Gasteiger partial charge is 0.493 e. The van der Waals surface area contributed by atoms with Gasteiger partial charge in [-0.25, -0.2) is 5.43 Å². The van der Waals surface area contributed by atoms with Crippen molar-refractivity contribution in [1.29, 1.82) is 0 Å². The topological polar surface area (TPSA) is 78.4 Å². The van der Waals surface area contributed by atoms with Crippen molar-refractivity contribution in [3.8, 4) is 23.0 Å². The molecule has 0 saturated heterocycles. The summed E-state index contributed by atoms with van der Waals surface area (Å²) in [6, 6.07) is 22.4. The van der Waals surface area contributed by atoms with E-state index in [2.05, 4.69) is 10.5 Å². The highest BCUT2D eigenvalue weighted by Gasteiger charge is 2.08. The fraction of sp³-hybridized carbons (Fsp3) is 0.167. The number of hydrazone groups is 1. The van der Waals surface area contributed by atoms with E-state index < -0.39 is 0 Å². The number of nitrogens with zero attached hydrogens (tertiary/aromatic N) is 1. The van der Waals surface area contributed by atoms with Gasteiger partial charge >= 0.3 is 0 Å². The van der Waals surface area contributed by atoms with Gasteiger partial charge in [0.05, 0.1) is 20.4 Å². The number of carbonyl (C=O) groups is 1. The lowest BCUT2D eigenvalue weighted by Crippen LogP contribution is -2.24. The van der Waals surface area contributed by atoms with Crippen LogP contribution in [-0.2, 0) is 11.4 Å². The molecule has 7 nitrogen and oxygen atoms in total. The molecule has 3 rings (SSSR count). The SMILES string of the molecule is COc1cccc(/C=N/NC(=O)COc2ccc(OCc3ccccc3)cc2)c1OC. The van der Waals surface area contributed by atoms with Crippen LogP contribution in [0.5, 0.6) is 23.0 Å². The summed E-state index contributed by atoms with van der Waals surface area (Å²) in [7, 11) is 3.10. The van der Waals surface area contributed by atoms with Crippen molar-refractivity contribution < 1.29 is 23.7 Å². The van der Waals surface area contributed by atoms with Crippen LogP contribution in [0.25, 0.3) is 0 Å². The van der Waals surface area contributed by atoms with Gasteiger partial charge in [-0.05, 0) is 42.0 Å². The van der Waals surface area contributed by atoms with Gasteiger partial charge in [-0.15, -0.1) is 0 Å². The number of methoxy groups -OCH3 is 2. The average molecular weight is 420 g/mol. The molecule has 3 aromatic rings. The Morgan fingerprint density at radius 1 is 0.871 bits per heavy atom. The fourth-order valence-electron chi connectivity index (χ4n) is 2.74. The molecule has 160 valence electrons. The molecule has 1 N–H and O–H groups in total. The summed E-state index contributed by atoms with van der Waals surface area (Å²) in [5, 5.41) is 3.94. The smallest absolute Gasteiger partial charge is 0.277 e. The first-order chi connectivity index (χ1) is 15.2. The van der Waals surface area contributed by atoms with E-state index in [1.54, 1.807) is 56.7 Å². The van der Waals surface area contributed by atoms with Crippen LogP contribution >= 0.6 is 0 Å². The van der Waals surface area contributed by atoms with Gasteiger partial charge in [0, 0.05) is 5.56 Å². The predicted octanol–water partition coefficient (Wildman–Crippen LogP) is 3.81. The minimum absolute atomic E-state index is 0.170. The molecule has 0 aromatic heterocycles. The van der Waals surface area contributed by atoms with Crippen molar-refractivity contribution in [2.75, 3.05) is 20.8 Å². The standard InChI is InChI=1S/C24H24N2O5/c1-28-22-10-6-9-19(24(22)29-2)15-25-26-23(27)17-31-21-13-11-20(12-14-21)30-16-18-7-4-3-5-8-18/h3-15H,16-17H2,1-2H3,(H,26,27)/b25-15+. The monoisotopic (exact) mass is 420 g/mol. The first-order valence-corrected chi connectivity index (χ1v) is 9.62. The Hall–Kier alpha value is -4.00. The normalized spacial score (nSPS) is 10.5. The lowest BCUT2D eigenvalue weighted by Gasteiger charge is -2.09. The van der Waals surface area contributed by atoms with Crippen LogP contribution in [0.15, 0.2) is 77.9 Å². The quantitative estimate of drug-likeness (QED) is 0.399. The third kappa shape index (κ3) is 6.50. The molecule has 0 spiro atoms. The molecule has 0 saturated carbocycles. The summed E-state index contributed by atoms with van der Waals surface area (Å²) < 4.78 is 21.8. The second-order valence-electron chi connectivity index (χ2n) is 6.41. The highest BCUT2D eigenvalue weighted by molar-refractivity contribution is 5.86. The Morgan fingerprint density at radius 3 is 2.26 bits per heavy atom. The van der Waals surface area contributed by atoms with Crippen molar-refractivity contribution in [1.82, 2.24) is 5.43 Å². The molecule has 31 heavy (non-hydrogen) atoms. The van der Waals surface area contributed by atoms with E-state index in [9.17, 15) is 4.79 Å². The summed E-state index contributed by atoms with van der Waals surface area (Å²) in [6.45, 7) is 0.316. The van der Waals surface area contributed by atoms with Crippen molar-refractivity contribution >= 4 is 12.1 Å². The summed E-state index contributed by atoms with van der Waals surface area (Å²) in [4.78, 5) is 12.0. The maximum absolute atomic E-state index is 12.0. The fourth-order valence-corrected chi connectivity index (χ4v) is 2.74. The lowest BCUT2D eigenvalue weighted by atomic mass is 10.2. The Labute approximate surface area is 181 Å². The minimum Gasteiger partial charge on any atom is -0.493 e. The maximum atomic E-state index is 12.0. The van der Waals surface area contributed by atoms with Crippen LogP contribution in [0, 0.1) is 0 Å². The second kappa shape index (κ2) is 11.3. The van der Waals surface area contributed by atoms with Crippen LogP contribution in [0.4, 0.5) is 0 Å². The zero-order chi connectivity index (χ0) is 21.9. The molecule has 0 radical (unpaired) electrons. The molecule has 0 bridgehead atoms. The maximum Gasteiger partial charge on any atom is 0.277 e. The number of carbonyl (C=O) groups excluding carboxylic acids is 1. The molecule has 3 aromatic carbocycles. The van der Waals surface area contributed by atoms with E-state index in [4.69, 9.17) is 18.9 Å². The van der Waals surface area contributed by atoms with Gasteiger partial charge in [0.1, 0.15) is 18.1 Å². The molecule has 0 heterocycles. The van der Waals surface area contributed by atoms with E-state index in [1.807, 2.05) is 30.3 Å². The van der Waals surface area contributed by atoms with Gasteiger partial charge in [-0.1, -0.05) is 36.4 Å². The molecule has 0 aliphatic rings. The molecule has 7 heteroatoms. The van der Waals surface area contributed by atoms with Gasteiger partial charge in [-0.3, -0.25) is 4.79 Å². The van der Waals surface area contributed by atoms with Gasteiger partial charge < -0.3 is 18.9 Å². The van der Waals surface area contributed by atoms with Crippen molar-refractivity contribution in [2.24, 2.45) is 5.10 Å². The number of amides is 1. The zero-order valence-corrected chi connectivity index (χ0v) is 17.4. The average Bonchev–Trinajstić information content (AvgIpc) is 2.82. The van der Waals surface area contributed by atoms with Crippen molar-refractivity contribution in [2.45, 2.75) is 6.61 Å². The molecule has 0 aliphatic carbocycles. The molecule has 0 atom stereocenters. The van der Waals surface area contributed by atoms with Gasteiger partial charge in [0.25, 0.3) is 5.91 Å². The first-order valence-electron chi connectivity index (χ1n) is 9.62. The Bertz CT molecular complexity index is 1000. The first kappa shape index (κ1) is 21.7. The molecular formula is C24H24N2O5. The number of ether oxygens (including phenoxy) is 4. The van der Waals surface area contributed by atoms with E-state index in [0.29, 0.717) is 29.4 Å². The second-order valence-corrected chi connectivity index (χ2v) is 6.41. The third-order valence-electron chi connectivity index (χ3n) is 4.27. The van der Waals surface area contributed by atoms with Crippen molar-refractivity contribution in [3.63, 3.8) is 0 Å². The number of nitrogens with one attached hydrogen (secondary N) is 1. The van der Waals surface area contributed by atoms with Crippen LogP contribution < -0.4 is 24.4 Å². The minimum atomic E-state index is -0.387.